The lowest BCUT2D eigenvalue weighted by Crippen LogP contribution is -2.15. The number of ether oxygens (including phenoxy) is 1. The molecule has 15 heavy (non-hydrogen) atoms. The highest BCUT2D eigenvalue weighted by atomic mass is 35.5. The minimum absolute atomic E-state index is 0.200. The largest absolute Gasteiger partial charge is 0.481 e. The minimum Gasteiger partial charge on any atom is -0.481 e. The van der Waals surface area contributed by atoms with Crippen LogP contribution in [-0.2, 0) is 21.1 Å². The fourth-order valence-electron chi connectivity index (χ4n) is 0.879. The monoisotopic (exact) mass is 252 g/mol. The number of nitrogens with zero attached hydrogens (tertiary/aromatic N) is 1. The van der Waals surface area contributed by atoms with Crippen LogP contribution < -0.4 is 9.88 Å². The van der Waals surface area contributed by atoms with Crippen LogP contribution in [0.2, 0.25) is 5.15 Å². The highest BCUT2D eigenvalue weighted by molar-refractivity contribution is 7.84. The molecule has 0 saturated heterocycles. The Morgan fingerprint density at radius 2 is 2.20 bits per heavy atom. The van der Waals surface area contributed by atoms with E-state index in [0.717, 1.165) is 0 Å². The maximum absolute atomic E-state index is 10.5. The van der Waals surface area contributed by atoms with Crippen molar-refractivity contribution < 1.29 is 17.3 Å². The first-order valence-corrected chi connectivity index (χ1v) is 5.64. The van der Waals surface area contributed by atoms with Crippen molar-refractivity contribution in [3.8, 4) is 5.88 Å². The van der Waals surface area contributed by atoms with Gasteiger partial charge in [-0.3, -0.25) is 4.18 Å². The van der Waals surface area contributed by atoms with Crippen molar-refractivity contribution in [1.82, 2.24) is 4.98 Å². The molecule has 0 aliphatic heterocycles. The highest BCUT2D eigenvalue weighted by Gasteiger charge is 2.09. The number of pyridine rings is 1. The van der Waals surface area contributed by atoms with Gasteiger partial charge in [0.15, 0.2) is 0 Å². The quantitative estimate of drug-likeness (QED) is 0.786. The molecule has 0 unspecified atom stereocenters. The van der Waals surface area contributed by atoms with Gasteiger partial charge in [-0.2, -0.15) is 8.42 Å². The molecule has 6 nitrogen and oxygen atoms in total. The molecule has 1 rings (SSSR count). The predicted molar refractivity (Wildman–Crippen MR) is 53.7 cm³/mol. The van der Waals surface area contributed by atoms with Crippen molar-refractivity contribution in [1.29, 1.82) is 0 Å². The molecule has 0 fully saturated rings. The Balaban J connectivity index is 2.85. The first kappa shape index (κ1) is 12.2. The summed E-state index contributed by atoms with van der Waals surface area (Å²) in [6.45, 7) is -0.244. The third-order valence-corrected chi connectivity index (χ3v) is 2.13. The molecule has 0 aliphatic carbocycles. The van der Waals surface area contributed by atoms with Crippen LogP contribution in [0.25, 0.3) is 0 Å². The van der Waals surface area contributed by atoms with E-state index in [0.29, 0.717) is 5.56 Å². The standard InChI is InChI=1S/C7H9ClN2O4S/c1-13-7-5(2-3-6(8)10-7)4-14-15(9,11)12/h2-3H,4H2,1H3,(H2,9,11,12). The van der Waals surface area contributed by atoms with Gasteiger partial charge in [-0.1, -0.05) is 11.6 Å². The van der Waals surface area contributed by atoms with Crippen molar-refractivity contribution in [3.63, 3.8) is 0 Å². The summed E-state index contributed by atoms with van der Waals surface area (Å²) in [6, 6.07) is 3.03. The number of methoxy groups -OCH3 is 1. The molecule has 1 aromatic heterocycles. The van der Waals surface area contributed by atoms with E-state index < -0.39 is 10.3 Å². The maximum atomic E-state index is 10.5. The Morgan fingerprint density at radius 3 is 2.73 bits per heavy atom. The molecular weight excluding hydrogens is 244 g/mol. The first-order chi connectivity index (χ1) is 6.92. The number of halogens is 1. The average Bonchev–Trinajstić information content (AvgIpc) is 2.14. The molecule has 0 bridgehead atoms. The Morgan fingerprint density at radius 1 is 1.53 bits per heavy atom. The average molecular weight is 253 g/mol. The fourth-order valence-corrected chi connectivity index (χ4v) is 1.31. The molecule has 2 N–H and O–H groups in total. The summed E-state index contributed by atoms with van der Waals surface area (Å²) in [5.74, 6) is 0.200. The van der Waals surface area contributed by atoms with Crippen LogP contribution >= 0.6 is 11.6 Å². The van der Waals surface area contributed by atoms with E-state index in [2.05, 4.69) is 14.3 Å². The van der Waals surface area contributed by atoms with Crippen LogP contribution in [0.5, 0.6) is 5.88 Å². The lowest BCUT2D eigenvalue weighted by Gasteiger charge is -2.06. The summed E-state index contributed by atoms with van der Waals surface area (Å²) in [4.78, 5) is 3.82. The van der Waals surface area contributed by atoms with E-state index in [9.17, 15) is 8.42 Å². The Hall–Kier alpha value is -0.890. The Bertz CT molecular complexity index is 448. The normalized spacial score (nSPS) is 11.4. The zero-order valence-electron chi connectivity index (χ0n) is 7.81. The summed E-state index contributed by atoms with van der Waals surface area (Å²) >= 11 is 5.61. The predicted octanol–water partition coefficient (Wildman–Crippen LogP) is 0.464. The molecule has 84 valence electrons. The fraction of sp³-hybridized carbons (Fsp3) is 0.286. The summed E-state index contributed by atoms with van der Waals surface area (Å²) in [7, 11) is -2.59. The van der Waals surface area contributed by atoms with Gasteiger partial charge in [0.05, 0.1) is 13.7 Å². The Kier molecular flexibility index (Phi) is 3.86. The van der Waals surface area contributed by atoms with Gasteiger partial charge in [-0.15, -0.1) is 0 Å². The van der Waals surface area contributed by atoms with Gasteiger partial charge in [0.25, 0.3) is 0 Å². The van der Waals surface area contributed by atoms with Crippen molar-refractivity contribution in [2.75, 3.05) is 7.11 Å². The van der Waals surface area contributed by atoms with E-state index >= 15 is 0 Å². The molecule has 0 amide bonds. The van der Waals surface area contributed by atoms with Crippen LogP contribution in [0, 0.1) is 0 Å². The maximum Gasteiger partial charge on any atom is 0.333 e. The van der Waals surface area contributed by atoms with Gasteiger partial charge in [0, 0.05) is 5.56 Å². The van der Waals surface area contributed by atoms with E-state index in [4.69, 9.17) is 16.3 Å². The van der Waals surface area contributed by atoms with Crippen LogP contribution in [0.15, 0.2) is 12.1 Å². The number of nitrogens with two attached hydrogens (primary N) is 1. The van der Waals surface area contributed by atoms with Crippen LogP contribution in [0.1, 0.15) is 5.56 Å². The number of rotatable bonds is 4. The smallest absolute Gasteiger partial charge is 0.333 e. The molecule has 1 aromatic rings. The molecule has 0 spiro atoms. The molecule has 8 heteroatoms. The molecule has 0 atom stereocenters. The number of aromatic nitrogens is 1. The summed E-state index contributed by atoms with van der Waals surface area (Å²) < 4.78 is 30.3. The van der Waals surface area contributed by atoms with Crippen LogP contribution in [0.4, 0.5) is 0 Å². The zero-order valence-corrected chi connectivity index (χ0v) is 9.38. The van der Waals surface area contributed by atoms with Crippen LogP contribution in [0.3, 0.4) is 0 Å². The zero-order chi connectivity index (χ0) is 11.5. The van der Waals surface area contributed by atoms with E-state index in [-0.39, 0.29) is 17.6 Å². The van der Waals surface area contributed by atoms with Gasteiger partial charge in [-0.05, 0) is 12.1 Å². The lowest BCUT2D eigenvalue weighted by molar-refractivity contribution is 0.297. The second-order valence-electron chi connectivity index (χ2n) is 2.56. The lowest BCUT2D eigenvalue weighted by atomic mass is 10.3. The third-order valence-electron chi connectivity index (χ3n) is 1.48. The van der Waals surface area contributed by atoms with Gasteiger partial charge in [0.2, 0.25) is 5.88 Å². The molecule has 1 heterocycles. The molecule has 0 radical (unpaired) electrons. The van der Waals surface area contributed by atoms with E-state index in [1.54, 1.807) is 6.07 Å². The van der Waals surface area contributed by atoms with E-state index in [1.165, 1.54) is 13.2 Å². The van der Waals surface area contributed by atoms with Crippen molar-refractivity contribution in [2.45, 2.75) is 6.61 Å². The van der Waals surface area contributed by atoms with Crippen LogP contribution in [-0.4, -0.2) is 20.5 Å². The van der Waals surface area contributed by atoms with Crippen molar-refractivity contribution in [2.24, 2.45) is 5.14 Å². The minimum atomic E-state index is -3.97. The third kappa shape index (κ3) is 4.00. The Labute approximate surface area is 92.2 Å². The van der Waals surface area contributed by atoms with Gasteiger partial charge < -0.3 is 4.74 Å². The van der Waals surface area contributed by atoms with Gasteiger partial charge in [0.1, 0.15) is 5.15 Å². The SMILES string of the molecule is COc1nc(Cl)ccc1COS(N)(=O)=O. The summed E-state index contributed by atoms with van der Waals surface area (Å²) in [5.41, 5.74) is 0.441. The van der Waals surface area contributed by atoms with Gasteiger partial charge in [-0.25, -0.2) is 10.1 Å². The first-order valence-electron chi connectivity index (χ1n) is 3.79. The molecule has 0 aromatic carbocycles. The van der Waals surface area contributed by atoms with Crippen molar-refractivity contribution in [3.05, 3.63) is 22.8 Å². The second kappa shape index (κ2) is 4.75. The van der Waals surface area contributed by atoms with Gasteiger partial charge >= 0.3 is 10.3 Å². The topological polar surface area (TPSA) is 91.5 Å². The number of hydrogen-bond acceptors (Lipinski definition) is 5. The summed E-state index contributed by atoms with van der Waals surface area (Å²) in [6.07, 6.45) is 0. The molecule has 0 saturated carbocycles. The highest BCUT2D eigenvalue weighted by Crippen LogP contribution is 2.19. The molecule has 0 aliphatic rings. The summed E-state index contributed by atoms with van der Waals surface area (Å²) in [5, 5.41) is 4.91. The second-order valence-corrected chi connectivity index (χ2v) is 4.17. The number of hydrogen-bond donors (Lipinski definition) is 1. The van der Waals surface area contributed by atoms with Crippen molar-refractivity contribution >= 4 is 21.9 Å². The van der Waals surface area contributed by atoms with E-state index in [1.807, 2.05) is 0 Å². The molecular formula is C7H9ClN2O4S.